The van der Waals surface area contributed by atoms with Crippen LogP contribution < -0.4 is 0 Å². The standard InChI is InChI=1S/C11H14ClN/c1-3-9(2)13-8-10-4-6-11(12)7-5-10/h4-9H,3H2,1-2H3/t9-/m0/s1. The fourth-order valence-corrected chi connectivity index (χ4v) is 0.994. The molecule has 0 spiro atoms. The van der Waals surface area contributed by atoms with Gasteiger partial charge in [-0.1, -0.05) is 30.7 Å². The van der Waals surface area contributed by atoms with Crippen molar-refractivity contribution in [2.45, 2.75) is 26.3 Å². The first-order chi connectivity index (χ1) is 6.22. The van der Waals surface area contributed by atoms with Gasteiger partial charge in [-0.05, 0) is 31.0 Å². The van der Waals surface area contributed by atoms with Crippen molar-refractivity contribution in [2.75, 3.05) is 0 Å². The Balaban J connectivity index is 2.64. The molecule has 0 amide bonds. The number of nitrogens with zero attached hydrogens (tertiary/aromatic N) is 1. The lowest BCUT2D eigenvalue weighted by Crippen LogP contribution is -1.95. The third-order valence-corrected chi connectivity index (χ3v) is 2.19. The van der Waals surface area contributed by atoms with Gasteiger partial charge in [0, 0.05) is 17.3 Å². The van der Waals surface area contributed by atoms with Gasteiger partial charge in [0.05, 0.1) is 0 Å². The molecule has 13 heavy (non-hydrogen) atoms. The van der Waals surface area contributed by atoms with Gasteiger partial charge in [-0.3, -0.25) is 4.99 Å². The van der Waals surface area contributed by atoms with E-state index in [1.807, 2.05) is 30.5 Å². The van der Waals surface area contributed by atoms with Gasteiger partial charge in [0.15, 0.2) is 0 Å². The van der Waals surface area contributed by atoms with Crippen molar-refractivity contribution in [1.82, 2.24) is 0 Å². The first-order valence-corrected chi connectivity index (χ1v) is 4.89. The minimum atomic E-state index is 0.399. The molecule has 1 aromatic carbocycles. The van der Waals surface area contributed by atoms with Crippen molar-refractivity contribution in [3.05, 3.63) is 34.9 Å². The number of aliphatic imine (C=N–C) groups is 1. The van der Waals surface area contributed by atoms with Crippen molar-refractivity contribution < 1.29 is 0 Å². The fraction of sp³-hybridized carbons (Fsp3) is 0.364. The molecule has 1 nitrogen and oxygen atoms in total. The molecule has 70 valence electrons. The maximum absolute atomic E-state index is 5.76. The molecular weight excluding hydrogens is 182 g/mol. The molecular formula is C11H14ClN. The van der Waals surface area contributed by atoms with Crippen LogP contribution >= 0.6 is 11.6 Å². The highest BCUT2D eigenvalue weighted by molar-refractivity contribution is 6.30. The predicted molar refractivity (Wildman–Crippen MR) is 58.8 cm³/mol. The van der Waals surface area contributed by atoms with Crippen molar-refractivity contribution in [2.24, 2.45) is 4.99 Å². The summed E-state index contributed by atoms with van der Waals surface area (Å²) in [7, 11) is 0. The minimum absolute atomic E-state index is 0.399. The van der Waals surface area contributed by atoms with Gasteiger partial charge in [-0.25, -0.2) is 0 Å². The van der Waals surface area contributed by atoms with E-state index in [-0.39, 0.29) is 0 Å². The van der Waals surface area contributed by atoms with Crippen LogP contribution in [-0.2, 0) is 0 Å². The van der Waals surface area contributed by atoms with Gasteiger partial charge in [0.1, 0.15) is 0 Å². The van der Waals surface area contributed by atoms with Crippen LogP contribution in [0.1, 0.15) is 25.8 Å². The molecule has 0 aliphatic rings. The quantitative estimate of drug-likeness (QED) is 0.654. The van der Waals surface area contributed by atoms with Gasteiger partial charge >= 0.3 is 0 Å². The van der Waals surface area contributed by atoms with E-state index < -0.39 is 0 Å². The third kappa shape index (κ3) is 3.60. The lowest BCUT2D eigenvalue weighted by molar-refractivity contribution is 0.720. The second-order valence-corrected chi connectivity index (χ2v) is 3.52. The number of benzene rings is 1. The Morgan fingerprint density at radius 3 is 2.54 bits per heavy atom. The zero-order chi connectivity index (χ0) is 9.68. The molecule has 1 aromatic rings. The molecule has 1 rings (SSSR count). The van der Waals surface area contributed by atoms with Crippen LogP contribution in [0.5, 0.6) is 0 Å². The van der Waals surface area contributed by atoms with Crippen LogP contribution in [0.3, 0.4) is 0 Å². The fourth-order valence-electron chi connectivity index (χ4n) is 0.868. The van der Waals surface area contributed by atoms with Crippen LogP contribution in [0.4, 0.5) is 0 Å². The van der Waals surface area contributed by atoms with Crippen LogP contribution in [0.15, 0.2) is 29.3 Å². The van der Waals surface area contributed by atoms with Crippen molar-refractivity contribution >= 4 is 17.8 Å². The maximum atomic E-state index is 5.76. The Morgan fingerprint density at radius 2 is 2.00 bits per heavy atom. The summed E-state index contributed by atoms with van der Waals surface area (Å²) in [4.78, 5) is 4.37. The van der Waals surface area contributed by atoms with Crippen LogP contribution in [0, 0.1) is 0 Å². The Kier molecular flexibility index (Phi) is 3.97. The van der Waals surface area contributed by atoms with E-state index in [1.54, 1.807) is 0 Å². The van der Waals surface area contributed by atoms with E-state index in [0.717, 1.165) is 17.0 Å². The molecule has 2 heteroatoms. The first-order valence-electron chi connectivity index (χ1n) is 4.51. The monoisotopic (exact) mass is 195 g/mol. The highest BCUT2D eigenvalue weighted by Crippen LogP contribution is 2.08. The molecule has 0 aromatic heterocycles. The van der Waals surface area contributed by atoms with E-state index >= 15 is 0 Å². The Bertz CT molecular complexity index is 277. The highest BCUT2D eigenvalue weighted by atomic mass is 35.5. The van der Waals surface area contributed by atoms with Crippen LogP contribution in [0.25, 0.3) is 0 Å². The Morgan fingerprint density at radius 1 is 1.38 bits per heavy atom. The molecule has 1 atom stereocenters. The first kappa shape index (κ1) is 10.3. The molecule has 0 aliphatic carbocycles. The Labute approximate surface area is 84.5 Å². The van der Waals surface area contributed by atoms with E-state index in [4.69, 9.17) is 11.6 Å². The number of halogens is 1. The van der Waals surface area contributed by atoms with Gasteiger partial charge in [0.2, 0.25) is 0 Å². The molecule has 0 bridgehead atoms. The molecule has 0 saturated carbocycles. The molecule has 0 N–H and O–H groups in total. The zero-order valence-electron chi connectivity index (χ0n) is 8.00. The van der Waals surface area contributed by atoms with Gasteiger partial charge in [-0.2, -0.15) is 0 Å². The average Bonchev–Trinajstić information content (AvgIpc) is 2.16. The molecule has 0 heterocycles. The topological polar surface area (TPSA) is 12.4 Å². The second kappa shape index (κ2) is 5.03. The van der Waals surface area contributed by atoms with E-state index in [9.17, 15) is 0 Å². The summed E-state index contributed by atoms with van der Waals surface area (Å²) < 4.78 is 0. The minimum Gasteiger partial charge on any atom is -0.290 e. The smallest absolute Gasteiger partial charge is 0.0469 e. The summed E-state index contributed by atoms with van der Waals surface area (Å²) in [6.45, 7) is 4.23. The van der Waals surface area contributed by atoms with E-state index in [1.165, 1.54) is 0 Å². The highest BCUT2D eigenvalue weighted by Gasteiger charge is 1.92. The Hall–Kier alpha value is -0.820. The molecule has 0 aliphatic heterocycles. The average molecular weight is 196 g/mol. The zero-order valence-corrected chi connectivity index (χ0v) is 8.75. The molecule has 0 saturated heterocycles. The van der Waals surface area contributed by atoms with E-state index in [0.29, 0.717) is 6.04 Å². The molecule has 0 fully saturated rings. The molecule has 0 unspecified atom stereocenters. The summed E-state index contributed by atoms with van der Waals surface area (Å²) in [6, 6.07) is 8.08. The van der Waals surface area contributed by atoms with E-state index in [2.05, 4.69) is 18.8 Å². The third-order valence-electron chi connectivity index (χ3n) is 1.94. The van der Waals surface area contributed by atoms with Crippen LogP contribution in [-0.4, -0.2) is 12.3 Å². The second-order valence-electron chi connectivity index (χ2n) is 3.09. The summed E-state index contributed by atoms with van der Waals surface area (Å²) >= 11 is 5.76. The lowest BCUT2D eigenvalue weighted by Gasteiger charge is -1.99. The number of hydrogen-bond donors (Lipinski definition) is 0. The van der Waals surface area contributed by atoms with Crippen molar-refractivity contribution in [3.8, 4) is 0 Å². The van der Waals surface area contributed by atoms with Gasteiger partial charge in [-0.15, -0.1) is 0 Å². The van der Waals surface area contributed by atoms with Gasteiger partial charge < -0.3 is 0 Å². The van der Waals surface area contributed by atoms with Crippen molar-refractivity contribution in [1.29, 1.82) is 0 Å². The largest absolute Gasteiger partial charge is 0.290 e. The molecule has 0 radical (unpaired) electrons. The lowest BCUT2D eigenvalue weighted by atomic mass is 10.2. The number of rotatable bonds is 3. The summed E-state index contributed by atoms with van der Waals surface area (Å²) in [5.74, 6) is 0. The SMILES string of the molecule is CC[C@H](C)N=Cc1ccc(Cl)cc1. The summed E-state index contributed by atoms with van der Waals surface area (Å²) in [5.41, 5.74) is 1.10. The number of hydrogen-bond acceptors (Lipinski definition) is 1. The van der Waals surface area contributed by atoms with Gasteiger partial charge in [0.25, 0.3) is 0 Å². The predicted octanol–water partition coefficient (Wildman–Crippen LogP) is 3.56. The maximum Gasteiger partial charge on any atom is 0.0469 e. The van der Waals surface area contributed by atoms with Crippen LogP contribution in [0.2, 0.25) is 5.02 Å². The summed E-state index contributed by atoms with van der Waals surface area (Å²) in [6.07, 6.45) is 2.97. The van der Waals surface area contributed by atoms with Crippen molar-refractivity contribution in [3.63, 3.8) is 0 Å². The normalized spacial score (nSPS) is 13.5. The summed E-state index contributed by atoms with van der Waals surface area (Å²) in [5, 5.41) is 0.765.